The molecule has 1 aliphatic carbocycles. The second kappa shape index (κ2) is 10.2. The first kappa shape index (κ1) is 28.1. The molecule has 212 valence electrons. The van der Waals surface area contributed by atoms with Crippen molar-refractivity contribution >= 4 is 27.5 Å². The van der Waals surface area contributed by atoms with Crippen LogP contribution >= 0.6 is 11.6 Å². The van der Waals surface area contributed by atoms with Gasteiger partial charge in [0.05, 0.1) is 22.4 Å². The summed E-state index contributed by atoms with van der Waals surface area (Å²) < 4.78 is 99.5. The number of rotatable bonds is 7. The van der Waals surface area contributed by atoms with Crippen LogP contribution in [0.1, 0.15) is 71.5 Å². The number of fused-ring (bicyclic) bond motifs is 2. The van der Waals surface area contributed by atoms with Gasteiger partial charge in [-0.25, -0.2) is 21.9 Å². The third-order valence-corrected chi connectivity index (χ3v) is 8.41. The highest BCUT2D eigenvalue weighted by Crippen LogP contribution is 2.45. The molecule has 2 aliphatic heterocycles. The average Bonchev–Trinajstić information content (AvgIpc) is 3.62. The Morgan fingerprint density at radius 3 is 2.28 bits per heavy atom. The van der Waals surface area contributed by atoms with Crippen LogP contribution in [0.3, 0.4) is 0 Å². The van der Waals surface area contributed by atoms with Gasteiger partial charge in [-0.15, -0.1) is 0 Å². The fourth-order valence-corrected chi connectivity index (χ4v) is 6.37. The highest BCUT2D eigenvalue weighted by molar-refractivity contribution is 7.89. The van der Waals surface area contributed by atoms with E-state index in [9.17, 15) is 35.2 Å². The Bertz CT molecular complexity index is 1400. The summed E-state index contributed by atoms with van der Waals surface area (Å²) >= 11 is 5.70. The van der Waals surface area contributed by atoms with E-state index in [-0.39, 0.29) is 23.6 Å². The molecule has 2 aromatic rings. The van der Waals surface area contributed by atoms with E-state index in [0.717, 1.165) is 37.5 Å². The summed E-state index contributed by atoms with van der Waals surface area (Å²) in [6.07, 6.45) is -0.168. The van der Waals surface area contributed by atoms with E-state index in [1.165, 1.54) is 12.1 Å². The Morgan fingerprint density at radius 2 is 1.72 bits per heavy atom. The second-order valence-corrected chi connectivity index (χ2v) is 12.7. The van der Waals surface area contributed by atoms with Crippen LogP contribution in [-0.2, 0) is 22.7 Å². The van der Waals surface area contributed by atoms with Gasteiger partial charge in [0.15, 0.2) is 11.6 Å². The van der Waals surface area contributed by atoms with Gasteiger partial charge < -0.3 is 4.74 Å². The SMILES string of the molecule is CS(=O)(=O)NC(=O)c1cc(C2CC2)c(CN2C3CCC2CC(Oc2cc(C(F)(F)F)cc(Cl)c2F)C3)cc1F. The predicted molar refractivity (Wildman–Crippen MR) is 133 cm³/mol. The first-order valence-electron chi connectivity index (χ1n) is 12.5. The molecule has 2 unspecified atom stereocenters. The molecule has 2 saturated heterocycles. The smallest absolute Gasteiger partial charge is 0.416 e. The van der Waals surface area contributed by atoms with E-state index in [0.29, 0.717) is 37.1 Å². The van der Waals surface area contributed by atoms with E-state index >= 15 is 0 Å². The lowest BCUT2D eigenvalue weighted by molar-refractivity contribution is -0.137. The van der Waals surface area contributed by atoms with Gasteiger partial charge in [0, 0.05) is 18.6 Å². The number of sulfonamides is 1. The molecule has 5 rings (SSSR count). The maximum absolute atomic E-state index is 15.0. The van der Waals surface area contributed by atoms with Gasteiger partial charge in [-0.3, -0.25) is 9.69 Å². The molecule has 1 saturated carbocycles. The van der Waals surface area contributed by atoms with Crippen molar-refractivity contribution in [3.05, 3.63) is 63.2 Å². The van der Waals surface area contributed by atoms with Crippen LogP contribution in [-0.4, -0.2) is 43.7 Å². The number of halogens is 6. The lowest BCUT2D eigenvalue weighted by Gasteiger charge is -2.39. The molecule has 2 heterocycles. The van der Waals surface area contributed by atoms with Gasteiger partial charge in [-0.05, 0) is 79.8 Å². The van der Waals surface area contributed by atoms with Crippen LogP contribution in [0.5, 0.6) is 5.75 Å². The molecule has 2 atom stereocenters. The van der Waals surface area contributed by atoms with E-state index in [1.807, 2.05) is 0 Å². The Balaban J connectivity index is 1.33. The number of benzene rings is 2. The number of carbonyl (C=O) groups excluding carboxylic acids is 1. The normalized spacial score (nSPS) is 23.6. The van der Waals surface area contributed by atoms with E-state index < -0.39 is 56.2 Å². The molecular formula is C26H26ClF5N2O4S. The highest BCUT2D eigenvalue weighted by Gasteiger charge is 2.43. The van der Waals surface area contributed by atoms with Crippen LogP contribution in [0.2, 0.25) is 5.02 Å². The summed E-state index contributed by atoms with van der Waals surface area (Å²) in [6, 6.07) is 3.85. The zero-order valence-corrected chi connectivity index (χ0v) is 22.4. The van der Waals surface area contributed by atoms with Crippen molar-refractivity contribution in [2.45, 2.75) is 75.4 Å². The largest absolute Gasteiger partial charge is 0.487 e. The summed E-state index contributed by atoms with van der Waals surface area (Å²) in [5.74, 6) is -3.27. The van der Waals surface area contributed by atoms with Crippen molar-refractivity contribution in [1.29, 1.82) is 0 Å². The molecule has 0 aromatic heterocycles. The Morgan fingerprint density at radius 1 is 1.08 bits per heavy atom. The molecule has 2 bridgehead atoms. The first-order chi connectivity index (χ1) is 18.2. The van der Waals surface area contributed by atoms with Gasteiger partial charge in [0.25, 0.3) is 5.91 Å². The predicted octanol–water partition coefficient (Wildman–Crippen LogP) is 5.78. The van der Waals surface area contributed by atoms with E-state index in [4.69, 9.17) is 16.3 Å². The number of ether oxygens (including phenoxy) is 1. The fraction of sp³-hybridized carbons (Fsp3) is 0.500. The summed E-state index contributed by atoms with van der Waals surface area (Å²) in [5.41, 5.74) is 0.0851. The molecule has 1 N–H and O–H groups in total. The number of alkyl halides is 3. The lowest BCUT2D eigenvalue weighted by Crippen LogP contribution is -2.46. The van der Waals surface area contributed by atoms with Gasteiger partial charge in [-0.1, -0.05) is 11.6 Å². The molecular weight excluding hydrogens is 567 g/mol. The number of hydrogen-bond donors (Lipinski definition) is 1. The quantitative estimate of drug-likeness (QED) is 0.413. The van der Waals surface area contributed by atoms with Crippen molar-refractivity contribution in [3.8, 4) is 5.75 Å². The molecule has 3 fully saturated rings. The van der Waals surface area contributed by atoms with Crippen molar-refractivity contribution in [3.63, 3.8) is 0 Å². The van der Waals surface area contributed by atoms with E-state index in [2.05, 4.69) is 4.90 Å². The summed E-state index contributed by atoms with van der Waals surface area (Å²) in [7, 11) is -3.86. The van der Waals surface area contributed by atoms with Gasteiger partial charge >= 0.3 is 6.18 Å². The minimum atomic E-state index is -4.70. The molecule has 1 amide bonds. The molecule has 0 spiro atoms. The molecule has 6 nitrogen and oxygen atoms in total. The fourth-order valence-electron chi connectivity index (χ4n) is 5.71. The maximum Gasteiger partial charge on any atom is 0.416 e. The van der Waals surface area contributed by atoms with Crippen molar-refractivity contribution in [2.24, 2.45) is 0 Å². The van der Waals surface area contributed by atoms with Crippen molar-refractivity contribution < 1.29 is 39.9 Å². The molecule has 13 heteroatoms. The maximum atomic E-state index is 15.0. The number of piperidine rings is 1. The average molecular weight is 593 g/mol. The van der Waals surface area contributed by atoms with Crippen molar-refractivity contribution in [1.82, 2.24) is 9.62 Å². The second-order valence-electron chi connectivity index (χ2n) is 10.5. The molecule has 3 aliphatic rings. The Labute approximate surface area is 227 Å². The first-order valence-corrected chi connectivity index (χ1v) is 14.8. The zero-order valence-electron chi connectivity index (χ0n) is 20.8. The number of hydrogen-bond acceptors (Lipinski definition) is 5. The summed E-state index contributed by atoms with van der Waals surface area (Å²) in [6.45, 7) is 0.391. The number of nitrogens with one attached hydrogen (secondary N) is 1. The molecule has 39 heavy (non-hydrogen) atoms. The van der Waals surface area contributed by atoms with Crippen LogP contribution in [0.4, 0.5) is 22.0 Å². The zero-order chi connectivity index (χ0) is 28.3. The van der Waals surface area contributed by atoms with Crippen LogP contribution in [0.25, 0.3) is 0 Å². The van der Waals surface area contributed by atoms with Gasteiger partial charge in [-0.2, -0.15) is 13.2 Å². The van der Waals surface area contributed by atoms with Crippen LogP contribution in [0, 0.1) is 11.6 Å². The Hall–Kier alpha value is -2.44. The topological polar surface area (TPSA) is 75.7 Å². The summed E-state index contributed by atoms with van der Waals surface area (Å²) in [5, 5.41) is -0.663. The van der Waals surface area contributed by atoms with Gasteiger partial charge in [0.1, 0.15) is 11.9 Å². The third-order valence-electron chi connectivity index (χ3n) is 7.58. The molecule has 2 aromatic carbocycles. The minimum absolute atomic E-state index is 0.0126. The lowest BCUT2D eigenvalue weighted by atomic mass is 9.95. The number of nitrogens with zero attached hydrogens (tertiary/aromatic N) is 1. The third kappa shape index (κ3) is 6.17. The van der Waals surface area contributed by atoms with Crippen molar-refractivity contribution in [2.75, 3.05) is 6.26 Å². The highest BCUT2D eigenvalue weighted by atomic mass is 35.5. The van der Waals surface area contributed by atoms with Crippen LogP contribution < -0.4 is 9.46 Å². The monoisotopic (exact) mass is 592 g/mol. The number of amides is 1. The Kier molecular flexibility index (Phi) is 7.34. The van der Waals surface area contributed by atoms with Gasteiger partial charge in [0.2, 0.25) is 10.0 Å². The minimum Gasteiger partial charge on any atom is -0.487 e. The van der Waals surface area contributed by atoms with E-state index in [1.54, 1.807) is 4.72 Å². The summed E-state index contributed by atoms with van der Waals surface area (Å²) in [4.78, 5) is 14.5. The number of carbonyl (C=O) groups is 1. The molecule has 0 radical (unpaired) electrons. The van der Waals surface area contributed by atoms with Crippen LogP contribution in [0.15, 0.2) is 24.3 Å². The standard InChI is InChI=1S/C26H26ClF5N2O4S/c1-39(36,37)33-25(35)20-11-19(13-2-3-13)14(6-22(20)28)12-34-16-4-5-17(34)10-18(9-16)38-23-8-15(26(30,31)32)7-21(27)24(23)29/h6-8,11,13,16-18H,2-5,9-10,12H2,1H3,(H,33,35).